The van der Waals surface area contributed by atoms with Crippen LogP contribution in [-0.4, -0.2) is 9.97 Å². The molecule has 6 aromatic carbocycles. The second kappa shape index (κ2) is 14.7. The van der Waals surface area contributed by atoms with Crippen molar-refractivity contribution in [3.63, 3.8) is 0 Å². The number of para-hydroxylation sites is 4. The Morgan fingerprint density at radius 3 is 2.12 bits per heavy atom. The van der Waals surface area contributed by atoms with Crippen molar-refractivity contribution in [1.82, 2.24) is 9.97 Å². The van der Waals surface area contributed by atoms with Gasteiger partial charge in [0.15, 0.2) is 0 Å². The first-order valence-corrected chi connectivity index (χ1v) is 23.3. The highest BCUT2D eigenvalue weighted by molar-refractivity contribution is 6.15. The summed E-state index contributed by atoms with van der Waals surface area (Å²) in [5.41, 5.74) is 16.4. The molecule has 68 heavy (non-hydrogen) atoms. The molecule has 0 radical (unpaired) electrons. The molecular weight excluding hydrogens is 837 g/mol. The first-order chi connectivity index (χ1) is 33.5. The molecule has 6 aromatic heterocycles. The van der Waals surface area contributed by atoms with Crippen LogP contribution in [0.2, 0.25) is 0 Å². The predicted molar refractivity (Wildman–Crippen MR) is 275 cm³/mol. The minimum absolute atomic E-state index is 0.364. The summed E-state index contributed by atoms with van der Waals surface area (Å²) in [7, 11) is 0. The van der Waals surface area contributed by atoms with E-state index in [1.54, 1.807) is 0 Å². The van der Waals surface area contributed by atoms with Crippen LogP contribution < -0.4 is 0 Å². The summed E-state index contributed by atoms with van der Waals surface area (Å²) < 4.78 is 26.8. The van der Waals surface area contributed by atoms with Crippen molar-refractivity contribution in [3.8, 4) is 22.4 Å². The van der Waals surface area contributed by atoms with Crippen molar-refractivity contribution in [2.45, 2.75) is 39.5 Å². The zero-order valence-corrected chi connectivity index (χ0v) is 37.5. The van der Waals surface area contributed by atoms with Gasteiger partial charge in [0.05, 0.1) is 27.8 Å². The third-order valence-corrected chi connectivity index (χ3v) is 14.2. The topological polar surface area (TPSA) is 78.3 Å². The van der Waals surface area contributed by atoms with E-state index in [2.05, 4.69) is 154 Å². The zero-order chi connectivity index (χ0) is 45.2. The number of hydrogen-bond acceptors (Lipinski definition) is 6. The first-order valence-electron chi connectivity index (χ1n) is 23.3. The number of hydrogen-bond donors (Lipinski definition) is 0. The van der Waals surface area contributed by atoms with Gasteiger partial charge in [-0.25, -0.2) is 9.97 Å². The van der Waals surface area contributed by atoms with Gasteiger partial charge >= 0.3 is 0 Å². The Hall–Kier alpha value is -8.66. The Morgan fingerprint density at radius 1 is 0.676 bits per heavy atom. The van der Waals surface area contributed by atoms with E-state index in [-0.39, 0.29) is 0 Å². The van der Waals surface area contributed by atoms with Gasteiger partial charge in [0, 0.05) is 83.3 Å². The Kier molecular flexibility index (Phi) is 8.33. The van der Waals surface area contributed by atoms with E-state index in [1.165, 1.54) is 11.1 Å². The quantitative estimate of drug-likeness (QED) is 0.160. The maximum Gasteiger partial charge on any atom is 0.144 e. The van der Waals surface area contributed by atoms with E-state index >= 15 is 0 Å². The van der Waals surface area contributed by atoms with Crippen molar-refractivity contribution in [3.05, 3.63) is 203 Å². The SMILES string of the molecule is C/C=C(/c1cc2ccc3cc(-c4cccc5c4oc4ccccc45)c(-c4cccc5c4oc4ccccc45)nc3c2nc1C1=CC=Cc2c(oc3c2C(C)CC=C3)C1)c1oc2ccc#cc2c1C. The minimum Gasteiger partial charge on any atom is -0.460 e. The van der Waals surface area contributed by atoms with E-state index < -0.39 is 0 Å². The first kappa shape index (κ1) is 38.6. The third kappa shape index (κ3) is 5.66. The van der Waals surface area contributed by atoms with Crippen molar-refractivity contribution >= 4 is 100.0 Å². The standard InChI is InChI=1S/C62H40N2O4/c1-4-39(60-35(3)40-17-5-8-25-50(40)66-60)48-31-37-29-30-38-32-49(45-22-13-20-43-41-18-6-9-26-51(41)67-61(43)45)59(47-24-14-21-44-42-19-7-10-27-52(42)68-62(44)47)64-58(38)57(37)63-56(48)36-16-12-23-46-54(33-36)65-53-28-11-15-34(2)55(46)53/h4,6-14,16,18-32,34H,15,33H2,1-3H3/b39-4-. The summed E-state index contributed by atoms with van der Waals surface area (Å²) in [6, 6.07) is 48.2. The lowest BCUT2D eigenvalue weighted by molar-refractivity contribution is 0.508. The number of benzene rings is 5. The molecule has 2 aliphatic carbocycles. The summed E-state index contributed by atoms with van der Waals surface area (Å²) in [6.45, 7) is 6.44. The van der Waals surface area contributed by atoms with E-state index in [9.17, 15) is 0 Å². The summed E-state index contributed by atoms with van der Waals surface area (Å²) in [6.07, 6.45) is 14.6. The fourth-order valence-corrected chi connectivity index (χ4v) is 11.0. The molecule has 0 amide bonds. The average Bonchev–Trinajstić information content (AvgIpc) is 4.10. The van der Waals surface area contributed by atoms with Crippen LogP contribution in [0, 0.1) is 19.1 Å². The summed E-state index contributed by atoms with van der Waals surface area (Å²) >= 11 is 0. The molecule has 1 atom stereocenters. The summed E-state index contributed by atoms with van der Waals surface area (Å²) in [5.74, 6) is 3.03. The molecule has 6 heteroatoms. The van der Waals surface area contributed by atoms with E-state index in [0.717, 1.165) is 151 Å². The van der Waals surface area contributed by atoms with Gasteiger partial charge in [-0.15, -0.1) is 0 Å². The third-order valence-electron chi connectivity index (χ3n) is 14.2. The molecule has 12 aromatic rings. The molecule has 322 valence electrons. The lowest BCUT2D eigenvalue weighted by Crippen LogP contribution is -2.03. The van der Waals surface area contributed by atoms with Gasteiger partial charge < -0.3 is 17.7 Å². The second-order valence-electron chi connectivity index (χ2n) is 18.1. The Bertz CT molecular complexity index is 4260. The van der Waals surface area contributed by atoms with Crippen molar-refractivity contribution in [1.29, 1.82) is 0 Å². The molecule has 0 bridgehead atoms. The van der Waals surface area contributed by atoms with Gasteiger partial charge in [0.2, 0.25) is 0 Å². The average molecular weight is 877 g/mol. The maximum absolute atomic E-state index is 6.74. The fraction of sp³-hybridized carbons (Fsp3) is 0.0968. The highest BCUT2D eigenvalue weighted by Crippen LogP contribution is 2.46. The van der Waals surface area contributed by atoms with Crippen molar-refractivity contribution < 1.29 is 17.7 Å². The van der Waals surface area contributed by atoms with E-state index in [4.69, 9.17) is 27.6 Å². The van der Waals surface area contributed by atoms with Crippen LogP contribution in [0.3, 0.4) is 0 Å². The smallest absolute Gasteiger partial charge is 0.144 e. The number of nitrogens with zero attached hydrogens (tertiary/aromatic N) is 2. The fourth-order valence-electron chi connectivity index (χ4n) is 11.0. The highest BCUT2D eigenvalue weighted by atomic mass is 16.3. The Balaban J connectivity index is 1.05. The molecule has 0 N–H and O–H groups in total. The predicted octanol–water partition coefficient (Wildman–Crippen LogP) is 16.8. The van der Waals surface area contributed by atoms with Crippen molar-refractivity contribution in [2.24, 2.45) is 0 Å². The molecule has 0 aliphatic heterocycles. The Morgan fingerprint density at radius 2 is 1.37 bits per heavy atom. The van der Waals surface area contributed by atoms with E-state index in [0.29, 0.717) is 12.3 Å². The molecular formula is C62H40N2O4. The molecule has 2 aliphatic rings. The molecule has 6 heterocycles. The van der Waals surface area contributed by atoms with Crippen LogP contribution in [0.25, 0.3) is 122 Å². The van der Waals surface area contributed by atoms with Gasteiger partial charge in [0.1, 0.15) is 45.2 Å². The maximum atomic E-state index is 6.74. The number of fused-ring (bicyclic) bond motifs is 13. The van der Waals surface area contributed by atoms with Gasteiger partial charge in [-0.3, -0.25) is 0 Å². The molecule has 0 spiro atoms. The highest BCUT2D eigenvalue weighted by Gasteiger charge is 2.29. The van der Waals surface area contributed by atoms with Crippen LogP contribution in [0.15, 0.2) is 163 Å². The molecule has 0 saturated carbocycles. The van der Waals surface area contributed by atoms with Crippen molar-refractivity contribution in [2.75, 3.05) is 0 Å². The summed E-state index contributed by atoms with van der Waals surface area (Å²) in [4.78, 5) is 11.5. The normalized spacial score (nSPS) is 15.0. The number of allylic oxidation sites excluding steroid dienone is 5. The van der Waals surface area contributed by atoms with Crippen LogP contribution >= 0.6 is 0 Å². The number of pyridine rings is 2. The largest absolute Gasteiger partial charge is 0.460 e. The lowest BCUT2D eigenvalue weighted by Gasteiger charge is -2.17. The minimum atomic E-state index is 0.364. The van der Waals surface area contributed by atoms with Crippen LogP contribution in [0.4, 0.5) is 0 Å². The zero-order valence-electron chi connectivity index (χ0n) is 37.5. The number of rotatable bonds is 5. The van der Waals surface area contributed by atoms with E-state index in [1.807, 2.05) is 36.4 Å². The number of furan rings is 4. The monoisotopic (exact) mass is 876 g/mol. The second-order valence-corrected chi connectivity index (χ2v) is 18.1. The Labute approximate surface area is 390 Å². The molecule has 0 saturated heterocycles. The molecule has 14 rings (SSSR count). The lowest BCUT2D eigenvalue weighted by atomic mass is 9.89. The number of aryl methyl sites for hydroxylation is 1. The van der Waals surface area contributed by atoms with Crippen LogP contribution in [0.1, 0.15) is 71.4 Å². The van der Waals surface area contributed by atoms with Crippen LogP contribution in [-0.2, 0) is 6.42 Å². The van der Waals surface area contributed by atoms with Crippen LogP contribution in [0.5, 0.6) is 0 Å². The van der Waals surface area contributed by atoms with Gasteiger partial charge in [-0.2, -0.15) is 0 Å². The molecule has 0 fully saturated rings. The molecule has 1 unspecified atom stereocenters. The van der Waals surface area contributed by atoms with Gasteiger partial charge in [-0.1, -0.05) is 128 Å². The summed E-state index contributed by atoms with van der Waals surface area (Å²) in [5, 5.41) is 7.03. The van der Waals surface area contributed by atoms with Gasteiger partial charge in [-0.05, 0) is 80.3 Å². The molecule has 6 nitrogen and oxygen atoms in total. The number of aromatic nitrogens is 2. The van der Waals surface area contributed by atoms with Gasteiger partial charge in [0.25, 0.3) is 0 Å².